The van der Waals surface area contributed by atoms with Crippen molar-refractivity contribution in [2.45, 2.75) is 34.6 Å². The number of pyridine rings is 1. The number of nitrogens with one attached hydrogen (secondary N) is 1. The number of anilines is 2. The predicted octanol–water partition coefficient (Wildman–Crippen LogP) is 5.54. The van der Waals surface area contributed by atoms with E-state index in [0.29, 0.717) is 34.2 Å². The number of esters is 1. The molecule has 4 rings (SSSR count). The van der Waals surface area contributed by atoms with Crippen molar-refractivity contribution in [1.29, 1.82) is 0 Å². The average Bonchev–Trinajstić information content (AvgIpc) is 3.19. The van der Waals surface area contributed by atoms with Crippen LogP contribution >= 0.6 is 0 Å². The van der Waals surface area contributed by atoms with Crippen LogP contribution in [0.2, 0.25) is 0 Å². The Morgan fingerprint density at radius 3 is 2.42 bits per heavy atom. The Morgan fingerprint density at radius 1 is 1.06 bits per heavy atom. The minimum atomic E-state index is -0.487. The SMILES string of the molecule is CC.CC.CCOC(=O)c1cc(-c2nc3cnc(Nc4ccc(F)cc4)nc3n2C)ccn1. The summed E-state index contributed by atoms with van der Waals surface area (Å²) >= 11 is 0. The van der Waals surface area contributed by atoms with E-state index in [1.165, 1.54) is 18.3 Å². The lowest BCUT2D eigenvalue weighted by Crippen LogP contribution is -2.07. The van der Waals surface area contributed by atoms with Crippen LogP contribution in [-0.4, -0.2) is 37.1 Å². The van der Waals surface area contributed by atoms with E-state index in [9.17, 15) is 9.18 Å². The van der Waals surface area contributed by atoms with Gasteiger partial charge in [0.05, 0.1) is 12.8 Å². The summed E-state index contributed by atoms with van der Waals surface area (Å²) in [6.07, 6.45) is 3.14. The number of halogens is 1. The Kier molecular flexibility index (Phi) is 9.41. The van der Waals surface area contributed by atoms with E-state index in [2.05, 4.69) is 25.3 Å². The molecule has 0 aliphatic carbocycles. The first-order valence-electron chi connectivity index (χ1n) is 10.9. The Morgan fingerprint density at radius 2 is 1.76 bits per heavy atom. The van der Waals surface area contributed by atoms with Crippen LogP contribution in [0.3, 0.4) is 0 Å². The van der Waals surface area contributed by atoms with Crippen LogP contribution in [-0.2, 0) is 11.8 Å². The van der Waals surface area contributed by atoms with Gasteiger partial charge in [-0.1, -0.05) is 27.7 Å². The second-order valence-electron chi connectivity index (χ2n) is 6.18. The molecule has 1 aromatic carbocycles. The number of benzene rings is 1. The fourth-order valence-corrected chi connectivity index (χ4v) is 2.85. The van der Waals surface area contributed by atoms with E-state index in [4.69, 9.17) is 4.74 Å². The van der Waals surface area contributed by atoms with E-state index in [1.807, 2.05) is 34.7 Å². The molecule has 3 aromatic heterocycles. The summed E-state index contributed by atoms with van der Waals surface area (Å²) in [7, 11) is 1.82. The van der Waals surface area contributed by atoms with Crippen molar-refractivity contribution in [3.05, 3.63) is 60.3 Å². The zero-order valence-electron chi connectivity index (χ0n) is 19.8. The minimum Gasteiger partial charge on any atom is -0.461 e. The van der Waals surface area contributed by atoms with Crippen molar-refractivity contribution in [2.75, 3.05) is 11.9 Å². The molecule has 0 bridgehead atoms. The summed E-state index contributed by atoms with van der Waals surface area (Å²) in [5, 5.41) is 3.04. The lowest BCUT2D eigenvalue weighted by Gasteiger charge is -2.06. The molecule has 174 valence electrons. The quantitative estimate of drug-likeness (QED) is 0.397. The third kappa shape index (κ3) is 6.09. The standard InChI is InChI=1S/C20H17FN6O2.2C2H6/c1-3-29-19(28)15-10-12(8-9-22-15)17-25-16-11-23-20(26-18(16)27(17)2)24-14-6-4-13(21)5-7-14;2*1-2/h4-11H,3H2,1-2H3,(H,23,24,26);2*1-2H3. The molecule has 3 heterocycles. The van der Waals surface area contributed by atoms with Crippen molar-refractivity contribution in [3.8, 4) is 11.4 Å². The predicted molar refractivity (Wildman–Crippen MR) is 128 cm³/mol. The first-order chi connectivity index (χ1) is 16.0. The first kappa shape index (κ1) is 25.4. The van der Waals surface area contributed by atoms with E-state index in [0.717, 1.165) is 0 Å². The van der Waals surface area contributed by atoms with Gasteiger partial charge in [-0.2, -0.15) is 4.98 Å². The normalized spacial score (nSPS) is 9.91. The largest absolute Gasteiger partial charge is 0.461 e. The fraction of sp³-hybridized carbons (Fsp3) is 0.292. The molecule has 0 fully saturated rings. The van der Waals surface area contributed by atoms with Crippen molar-refractivity contribution in [2.24, 2.45) is 7.05 Å². The molecular formula is C24H29FN6O2. The van der Waals surface area contributed by atoms with Gasteiger partial charge in [-0.05, 0) is 43.3 Å². The number of aryl methyl sites for hydroxylation is 1. The van der Waals surface area contributed by atoms with Crippen LogP contribution < -0.4 is 5.32 Å². The van der Waals surface area contributed by atoms with Gasteiger partial charge in [0.2, 0.25) is 5.95 Å². The van der Waals surface area contributed by atoms with Crippen LogP contribution in [0.25, 0.3) is 22.6 Å². The Balaban J connectivity index is 0.000000914. The number of ether oxygens (including phenoxy) is 1. The number of hydrogen-bond donors (Lipinski definition) is 1. The number of nitrogens with zero attached hydrogens (tertiary/aromatic N) is 5. The van der Waals surface area contributed by atoms with Gasteiger partial charge in [0.15, 0.2) is 5.65 Å². The summed E-state index contributed by atoms with van der Waals surface area (Å²) in [6.45, 7) is 10.0. The molecule has 8 nitrogen and oxygen atoms in total. The van der Waals surface area contributed by atoms with Crippen LogP contribution in [0, 0.1) is 5.82 Å². The minimum absolute atomic E-state index is 0.209. The van der Waals surface area contributed by atoms with Gasteiger partial charge in [-0.25, -0.2) is 24.1 Å². The monoisotopic (exact) mass is 452 g/mol. The van der Waals surface area contributed by atoms with Crippen molar-refractivity contribution in [3.63, 3.8) is 0 Å². The van der Waals surface area contributed by atoms with Crippen molar-refractivity contribution in [1.82, 2.24) is 24.5 Å². The molecular weight excluding hydrogens is 423 g/mol. The molecule has 9 heteroatoms. The summed E-state index contributed by atoms with van der Waals surface area (Å²) in [4.78, 5) is 29.4. The molecule has 0 atom stereocenters. The van der Waals surface area contributed by atoms with Gasteiger partial charge in [0.25, 0.3) is 0 Å². The van der Waals surface area contributed by atoms with Gasteiger partial charge >= 0.3 is 5.97 Å². The zero-order chi connectivity index (χ0) is 24.4. The number of rotatable bonds is 5. The summed E-state index contributed by atoms with van der Waals surface area (Å²) in [5.41, 5.74) is 2.79. The summed E-state index contributed by atoms with van der Waals surface area (Å²) < 4.78 is 19.9. The lowest BCUT2D eigenvalue weighted by atomic mass is 10.2. The highest BCUT2D eigenvalue weighted by atomic mass is 19.1. The highest BCUT2D eigenvalue weighted by molar-refractivity contribution is 5.89. The summed E-state index contributed by atoms with van der Waals surface area (Å²) in [5.74, 6) is 0.170. The number of carbonyl (C=O) groups is 1. The highest BCUT2D eigenvalue weighted by Gasteiger charge is 2.15. The third-order valence-corrected chi connectivity index (χ3v) is 4.21. The van der Waals surface area contributed by atoms with Gasteiger partial charge < -0.3 is 14.6 Å². The molecule has 0 saturated carbocycles. The Labute approximate surface area is 192 Å². The fourth-order valence-electron chi connectivity index (χ4n) is 2.85. The van der Waals surface area contributed by atoms with Crippen molar-refractivity contribution >= 4 is 28.8 Å². The highest BCUT2D eigenvalue weighted by Crippen LogP contribution is 2.24. The maximum Gasteiger partial charge on any atom is 0.356 e. The van der Waals surface area contributed by atoms with E-state index < -0.39 is 5.97 Å². The molecule has 4 aromatic rings. The molecule has 0 radical (unpaired) electrons. The Hall–Kier alpha value is -3.88. The summed E-state index contributed by atoms with van der Waals surface area (Å²) in [6, 6.07) is 9.30. The van der Waals surface area contributed by atoms with Crippen molar-refractivity contribution < 1.29 is 13.9 Å². The third-order valence-electron chi connectivity index (χ3n) is 4.21. The lowest BCUT2D eigenvalue weighted by molar-refractivity contribution is 0.0519. The number of carbonyl (C=O) groups excluding carboxylic acids is 1. The maximum atomic E-state index is 13.1. The van der Waals surface area contributed by atoms with Gasteiger partial charge in [0.1, 0.15) is 22.9 Å². The van der Waals surface area contributed by atoms with Crippen LogP contribution in [0.5, 0.6) is 0 Å². The maximum absolute atomic E-state index is 13.1. The molecule has 33 heavy (non-hydrogen) atoms. The topological polar surface area (TPSA) is 94.8 Å². The molecule has 0 aliphatic heterocycles. The smallest absolute Gasteiger partial charge is 0.356 e. The van der Waals surface area contributed by atoms with Gasteiger partial charge in [-0.15, -0.1) is 0 Å². The molecule has 0 unspecified atom stereocenters. The molecule has 1 N–H and O–H groups in total. The molecule has 0 amide bonds. The number of hydrogen-bond acceptors (Lipinski definition) is 7. The van der Waals surface area contributed by atoms with E-state index in [1.54, 1.807) is 42.0 Å². The van der Waals surface area contributed by atoms with E-state index in [-0.39, 0.29) is 18.1 Å². The average molecular weight is 453 g/mol. The number of imidazole rings is 1. The van der Waals surface area contributed by atoms with E-state index >= 15 is 0 Å². The van der Waals surface area contributed by atoms with Crippen LogP contribution in [0.1, 0.15) is 45.1 Å². The molecule has 0 aliphatic rings. The zero-order valence-corrected chi connectivity index (χ0v) is 19.8. The molecule has 0 saturated heterocycles. The second-order valence-corrected chi connectivity index (χ2v) is 6.18. The van der Waals surface area contributed by atoms with Gasteiger partial charge in [-0.3, -0.25) is 0 Å². The number of aromatic nitrogens is 5. The van der Waals surface area contributed by atoms with Crippen LogP contribution in [0.15, 0.2) is 48.8 Å². The second kappa shape index (κ2) is 12.2. The molecule has 0 spiro atoms. The Bertz CT molecular complexity index is 1190. The first-order valence-corrected chi connectivity index (χ1v) is 10.9. The van der Waals surface area contributed by atoms with Crippen LogP contribution in [0.4, 0.5) is 16.0 Å². The number of fused-ring (bicyclic) bond motifs is 1. The van der Waals surface area contributed by atoms with Gasteiger partial charge in [0, 0.05) is 24.5 Å².